The van der Waals surface area contributed by atoms with Gasteiger partial charge in [-0.05, 0) is 55.8 Å². The van der Waals surface area contributed by atoms with Crippen molar-refractivity contribution in [2.24, 2.45) is 0 Å². The molecule has 2 aromatic rings. The van der Waals surface area contributed by atoms with Crippen molar-refractivity contribution in [2.75, 3.05) is 31.2 Å². The number of hydrogen-bond donors (Lipinski definition) is 2. The highest BCUT2D eigenvalue weighted by atomic mass is 19.4. The third-order valence-corrected chi connectivity index (χ3v) is 8.63. The first-order valence-corrected chi connectivity index (χ1v) is 13.8. The van der Waals surface area contributed by atoms with Crippen LogP contribution in [0.15, 0.2) is 71.2 Å². The summed E-state index contributed by atoms with van der Waals surface area (Å²) in [7, 11) is 0. The van der Waals surface area contributed by atoms with Gasteiger partial charge in [-0.1, -0.05) is 19.6 Å². The number of halogens is 6. The molecular formula is C32H30F6N2O4. The largest absolute Gasteiger partial charge is 0.871 e. The highest BCUT2D eigenvalue weighted by Gasteiger charge is 2.48. The zero-order valence-electron chi connectivity index (χ0n) is 24.3. The lowest BCUT2D eigenvalue weighted by molar-refractivity contribution is -0.441. The van der Waals surface area contributed by atoms with E-state index in [4.69, 9.17) is 0 Å². The Morgan fingerprint density at radius 1 is 0.864 bits per heavy atom. The molecule has 0 fully saturated rings. The molecule has 0 aromatic heterocycles. The predicted octanol–water partition coefficient (Wildman–Crippen LogP) is 4.89. The Morgan fingerprint density at radius 3 is 2.00 bits per heavy atom. The number of rotatable bonds is 6. The molecule has 0 unspecified atom stereocenters. The lowest BCUT2D eigenvalue weighted by atomic mass is 9.77. The van der Waals surface area contributed by atoms with Crippen LogP contribution in [0.25, 0.3) is 0 Å². The second-order valence-electron chi connectivity index (χ2n) is 12.0. The molecule has 2 aliphatic heterocycles. The molecule has 0 bridgehead atoms. The lowest BCUT2D eigenvalue weighted by Gasteiger charge is -2.32. The van der Waals surface area contributed by atoms with E-state index in [-0.39, 0.29) is 37.4 Å². The first kappa shape index (κ1) is 31.5. The minimum Gasteiger partial charge on any atom is -0.871 e. The van der Waals surface area contributed by atoms with Crippen LogP contribution in [0.2, 0.25) is 0 Å². The average molecular weight is 621 g/mol. The van der Waals surface area contributed by atoms with Gasteiger partial charge in [0.15, 0.2) is 18.0 Å². The van der Waals surface area contributed by atoms with Crippen molar-refractivity contribution < 1.29 is 51.0 Å². The van der Waals surface area contributed by atoms with Gasteiger partial charge in [-0.25, -0.2) is 0 Å². The molecule has 6 nitrogen and oxygen atoms in total. The number of carbonyl (C=O) groups excluding carboxylic acids is 1. The van der Waals surface area contributed by atoms with E-state index < -0.39 is 45.9 Å². The zero-order chi connectivity index (χ0) is 32.6. The summed E-state index contributed by atoms with van der Waals surface area (Å²) in [4.78, 5) is 15.0. The fourth-order valence-electron chi connectivity index (χ4n) is 6.27. The van der Waals surface area contributed by atoms with E-state index in [0.717, 1.165) is 24.3 Å². The molecule has 5 rings (SSSR count). The number of ketones is 1. The molecule has 0 saturated carbocycles. The number of β-amino-alcohol motifs (C(OH)–C–C–N with tert-alkyl or cyclic N) is 2. The summed E-state index contributed by atoms with van der Waals surface area (Å²) in [6.07, 6.45) is -6.49. The third-order valence-electron chi connectivity index (χ3n) is 8.63. The SMILES string of the molecule is CC1(C)C(/C=C2/C(=O)C(/C=C3\N(CCO)c4ccc(C(F)(F)F)cc4C3(C)C)=C2[O-])=[N+](CCO)c2ccc(C(F)(F)F)cc21. The summed E-state index contributed by atoms with van der Waals surface area (Å²) in [6.45, 7) is 5.97. The molecule has 0 spiro atoms. The molecule has 234 valence electrons. The van der Waals surface area contributed by atoms with Crippen molar-refractivity contribution in [3.8, 4) is 0 Å². The van der Waals surface area contributed by atoms with Crippen LogP contribution in [-0.4, -0.2) is 52.6 Å². The van der Waals surface area contributed by atoms with Gasteiger partial charge >= 0.3 is 12.4 Å². The maximum absolute atomic E-state index is 13.5. The predicted molar refractivity (Wildman–Crippen MR) is 148 cm³/mol. The fourth-order valence-corrected chi connectivity index (χ4v) is 6.27. The summed E-state index contributed by atoms with van der Waals surface area (Å²) < 4.78 is 82.5. The van der Waals surface area contributed by atoms with Crippen LogP contribution >= 0.6 is 0 Å². The summed E-state index contributed by atoms with van der Waals surface area (Å²) in [5, 5.41) is 32.8. The van der Waals surface area contributed by atoms with Gasteiger partial charge in [-0.15, -0.1) is 0 Å². The number of allylic oxidation sites excluding steroid dienone is 5. The van der Waals surface area contributed by atoms with Crippen molar-refractivity contribution >= 4 is 22.9 Å². The van der Waals surface area contributed by atoms with Crippen molar-refractivity contribution in [1.29, 1.82) is 0 Å². The molecule has 0 amide bonds. The van der Waals surface area contributed by atoms with Crippen molar-refractivity contribution in [2.45, 2.75) is 50.9 Å². The lowest BCUT2D eigenvalue weighted by Crippen LogP contribution is -2.35. The first-order valence-electron chi connectivity index (χ1n) is 13.8. The van der Waals surface area contributed by atoms with Crippen LogP contribution in [0, 0.1) is 0 Å². The third kappa shape index (κ3) is 4.84. The number of alkyl halides is 6. The molecule has 0 atom stereocenters. The second-order valence-corrected chi connectivity index (χ2v) is 12.0. The van der Waals surface area contributed by atoms with Gasteiger partial charge in [-0.2, -0.15) is 30.9 Å². The van der Waals surface area contributed by atoms with Crippen LogP contribution in [0.4, 0.5) is 37.7 Å². The highest BCUT2D eigenvalue weighted by Crippen LogP contribution is 2.50. The number of fused-ring (bicyclic) bond motifs is 2. The first-order chi connectivity index (χ1) is 20.3. The van der Waals surface area contributed by atoms with Crippen LogP contribution in [0.5, 0.6) is 0 Å². The summed E-state index contributed by atoms with van der Waals surface area (Å²) >= 11 is 0. The topological polar surface area (TPSA) is 86.8 Å². The normalized spacial score (nSPS) is 21.0. The monoisotopic (exact) mass is 620 g/mol. The molecule has 2 heterocycles. The molecule has 2 N–H and O–H groups in total. The Hall–Kier alpha value is -3.90. The molecule has 3 aliphatic rings. The van der Waals surface area contributed by atoms with Crippen LogP contribution in [0.1, 0.15) is 49.9 Å². The van der Waals surface area contributed by atoms with Gasteiger partial charge in [-0.3, -0.25) is 4.79 Å². The maximum atomic E-state index is 13.5. The van der Waals surface area contributed by atoms with Gasteiger partial charge in [0, 0.05) is 52.2 Å². The Kier molecular flexibility index (Phi) is 7.41. The van der Waals surface area contributed by atoms with Crippen LogP contribution in [-0.2, 0) is 28.0 Å². The van der Waals surface area contributed by atoms with E-state index >= 15 is 0 Å². The molecule has 12 heteroatoms. The van der Waals surface area contributed by atoms with Gasteiger partial charge in [0.2, 0.25) is 5.69 Å². The number of aliphatic hydroxyl groups is 2. The second kappa shape index (κ2) is 10.3. The van der Waals surface area contributed by atoms with E-state index in [0.29, 0.717) is 33.9 Å². The number of anilines is 1. The van der Waals surface area contributed by atoms with Crippen molar-refractivity contribution in [3.63, 3.8) is 0 Å². The molecule has 0 radical (unpaired) electrons. The minimum absolute atomic E-state index is 0.00634. The smallest absolute Gasteiger partial charge is 0.416 e. The number of carbonyl (C=O) groups is 1. The molecular weight excluding hydrogens is 590 g/mol. The Morgan fingerprint density at radius 2 is 1.45 bits per heavy atom. The van der Waals surface area contributed by atoms with E-state index in [2.05, 4.69) is 0 Å². The number of aliphatic hydroxyl groups excluding tert-OH is 2. The Balaban J connectivity index is 1.58. The van der Waals surface area contributed by atoms with Gasteiger partial charge in [0.05, 0.1) is 23.1 Å². The highest BCUT2D eigenvalue weighted by molar-refractivity contribution is 6.24. The quantitative estimate of drug-likeness (QED) is 0.273. The van der Waals surface area contributed by atoms with Crippen molar-refractivity contribution in [1.82, 2.24) is 0 Å². The van der Waals surface area contributed by atoms with Gasteiger partial charge in [0.25, 0.3) is 0 Å². The number of hydrogen-bond acceptors (Lipinski definition) is 5. The summed E-state index contributed by atoms with van der Waals surface area (Å²) in [5.41, 5.74) is -2.03. The number of Topliss-reactive ketones (excluding diaryl/α,β-unsaturated/α-hetero) is 1. The number of nitrogens with zero attached hydrogens (tertiary/aromatic N) is 2. The van der Waals surface area contributed by atoms with E-state index in [1.807, 2.05) is 0 Å². The molecule has 2 aromatic carbocycles. The molecule has 0 saturated heterocycles. The zero-order valence-corrected chi connectivity index (χ0v) is 24.3. The average Bonchev–Trinajstić information content (AvgIpc) is 3.27. The van der Waals surface area contributed by atoms with Gasteiger partial charge in [0.1, 0.15) is 6.61 Å². The summed E-state index contributed by atoms with van der Waals surface area (Å²) in [6, 6.07) is 6.52. The van der Waals surface area contributed by atoms with Crippen LogP contribution < -0.4 is 10.0 Å². The standard InChI is InChI=1S/C32H30F6N2O4/c1-29(2)21-13-17(31(33,34)35)5-7-23(21)39(9-11-41)25(29)15-19-27(43)20(28(19)44)16-26-30(3,4)22-14-18(32(36,37)38)6-8-24(22)40(26)10-12-42/h5-8,13-16,41-42H,9-12H2,1-4H3. The van der Waals surface area contributed by atoms with E-state index in [9.17, 15) is 46.5 Å². The maximum Gasteiger partial charge on any atom is 0.416 e. The minimum atomic E-state index is -4.59. The Labute approximate surface area is 249 Å². The van der Waals surface area contributed by atoms with E-state index in [1.54, 1.807) is 37.2 Å². The Bertz CT molecular complexity index is 1690. The van der Waals surface area contributed by atoms with E-state index in [1.165, 1.54) is 24.3 Å². The number of benzene rings is 2. The summed E-state index contributed by atoms with van der Waals surface area (Å²) in [5.74, 6) is -1.26. The molecule has 44 heavy (non-hydrogen) atoms. The fraction of sp³-hybridized carbons (Fsp3) is 0.375. The van der Waals surface area contributed by atoms with Crippen molar-refractivity contribution in [3.05, 3.63) is 93.4 Å². The van der Waals surface area contributed by atoms with Crippen LogP contribution in [0.3, 0.4) is 0 Å². The molecule has 1 aliphatic carbocycles. The van der Waals surface area contributed by atoms with Gasteiger partial charge < -0.3 is 20.2 Å².